The second-order valence-corrected chi connectivity index (χ2v) is 7.09. The number of hydrogen-bond acceptors (Lipinski definition) is 5. The minimum atomic E-state index is -0.214. The van der Waals surface area contributed by atoms with Gasteiger partial charge in [-0.25, -0.2) is 4.99 Å². The van der Waals surface area contributed by atoms with Crippen LogP contribution in [0.15, 0.2) is 41.7 Å². The zero-order valence-electron chi connectivity index (χ0n) is 16.9. The van der Waals surface area contributed by atoms with Crippen LogP contribution in [0.4, 0.5) is 11.4 Å². The van der Waals surface area contributed by atoms with Crippen LogP contribution in [-0.4, -0.2) is 59.0 Å². The van der Waals surface area contributed by atoms with Crippen molar-refractivity contribution in [1.29, 1.82) is 0 Å². The third-order valence-corrected chi connectivity index (χ3v) is 4.69. The van der Waals surface area contributed by atoms with Crippen molar-refractivity contribution in [3.05, 3.63) is 36.7 Å². The fourth-order valence-electron chi connectivity index (χ4n) is 3.31. The maximum absolute atomic E-state index is 12.2. The number of amides is 1. The Morgan fingerprint density at radius 2 is 2.14 bits per heavy atom. The van der Waals surface area contributed by atoms with Gasteiger partial charge in [0.05, 0.1) is 11.9 Å². The molecule has 1 aliphatic rings. The number of aromatic nitrogens is 2. The molecule has 156 valence electrons. The number of aryl methyl sites for hydroxylation is 1. The lowest BCUT2D eigenvalue weighted by atomic mass is 10.1. The van der Waals surface area contributed by atoms with Gasteiger partial charge in [0.15, 0.2) is 5.96 Å². The number of carbonyl (C=O) groups excluding carboxylic acids is 1. The fourth-order valence-corrected chi connectivity index (χ4v) is 3.31. The lowest BCUT2D eigenvalue weighted by Gasteiger charge is -2.34. The number of anilines is 2. The molecule has 0 bridgehead atoms. The van der Waals surface area contributed by atoms with Crippen LogP contribution in [0.1, 0.15) is 19.8 Å². The number of aliphatic imine (C=N–C) groups is 1. The molecule has 1 aromatic carbocycles. The number of phenols is 1. The van der Waals surface area contributed by atoms with Crippen LogP contribution in [0.3, 0.4) is 0 Å². The quantitative estimate of drug-likeness (QED) is 0.331. The second-order valence-electron chi connectivity index (χ2n) is 7.09. The molecule has 0 saturated carbocycles. The van der Waals surface area contributed by atoms with Gasteiger partial charge in [-0.3, -0.25) is 9.48 Å². The molecule has 29 heavy (non-hydrogen) atoms. The number of piperidine rings is 1. The van der Waals surface area contributed by atoms with E-state index < -0.39 is 0 Å². The molecule has 1 fully saturated rings. The van der Waals surface area contributed by atoms with Gasteiger partial charge in [0.25, 0.3) is 0 Å². The highest BCUT2D eigenvalue weighted by Gasteiger charge is 2.21. The summed E-state index contributed by atoms with van der Waals surface area (Å²) in [6.45, 7) is 4.58. The summed E-state index contributed by atoms with van der Waals surface area (Å²) in [5, 5.41) is 23.0. The maximum Gasteiger partial charge on any atom is 0.246 e. The minimum Gasteiger partial charge on any atom is -0.508 e. The van der Waals surface area contributed by atoms with E-state index in [1.165, 1.54) is 12.1 Å². The lowest BCUT2D eigenvalue weighted by Crippen LogP contribution is -2.51. The Balaban J connectivity index is 1.55. The third kappa shape index (κ3) is 6.13. The van der Waals surface area contributed by atoms with Gasteiger partial charge in [0.1, 0.15) is 12.3 Å². The van der Waals surface area contributed by atoms with Crippen molar-refractivity contribution in [2.45, 2.75) is 25.8 Å². The molecule has 9 heteroatoms. The molecule has 0 radical (unpaired) electrons. The van der Waals surface area contributed by atoms with Crippen LogP contribution in [0.2, 0.25) is 0 Å². The van der Waals surface area contributed by atoms with E-state index in [1.54, 1.807) is 12.1 Å². The summed E-state index contributed by atoms with van der Waals surface area (Å²) < 4.78 is 1.81. The van der Waals surface area contributed by atoms with Crippen molar-refractivity contribution < 1.29 is 9.90 Å². The molecule has 1 amide bonds. The monoisotopic (exact) mass is 399 g/mol. The van der Waals surface area contributed by atoms with Crippen LogP contribution >= 0.6 is 0 Å². The largest absolute Gasteiger partial charge is 0.508 e. The zero-order valence-corrected chi connectivity index (χ0v) is 16.9. The van der Waals surface area contributed by atoms with E-state index >= 15 is 0 Å². The Morgan fingerprint density at radius 1 is 1.34 bits per heavy atom. The van der Waals surface area contributed by atoms with Crippen LogP contribution < -0.4 is 20.9 Å². The van der Waals surface area contributed by atoms with Crippen molar-refractivity contribution in [1.82, 2.24) is 20.4 Å². The highest BCUT2D eigenvalue weighted by molar-refractivity contribution is 5.94. The van der Waals surface area contributed by atoms with Crippen molar-refractivity contribution in [3.8, 4) is 5.75 Å². The van der Waals surface area contributed by atoms with Gasteiger partial charge < -0.3 is 26.0 Å². The predicted molar refractivity (Wildman–Crippen MR) is 114 cm³/mol. The summed E-state index contributed by atoms with van der Waals surface area (Å²) >= 11 is 0. The van der Waals surface area contributed by atoms with Gasteiger partial charge in [-0.1, -0.05) is 0 Å². The highest BCUT2D eigenvalue weighted by Crippen LogP contribution is 2.19. The average molecular weight is 399 g/mol. The number of nitrogens with one attached hydrogen (secondary N) is 3. The zero-order chi connectivity index (χ0) is 20.6. The number of nitrogens with zero attached hydrogens (tertiary/aromatic N) is 4. The molecule has 1 saturated heterocycles. The third-order valence-electron chi connectivity index (χ3n) is 4.69. The van der Waals surface area contributed by atoms with Crippen LogP contribution in [0.25, 0.3) is 0 Å². The van der Waals surface area contributed by atoms with Crippen molar-refractivity contribution in [3.63, 3.8) is 0 Å². The smallest absolute Gasteiger partial charge is 0.246 e. The maximum atomic E-state index is 12.2. The van der Waals surface area contributed by atoms with Gasteiger partial charge in [-0.15, -0.1) is 0 Å². The fraction of sp³-hybridized carbons (Fsp3) is 0.450. The predicted octanol–water partition coefficient (Wildman–Crippen LogP) is 1.29. The molecular formula is C20H29N7O2. The minimum absolute atomic E-state index is 0.00918. The lowest BCUT2D eigenvalue weighted by molar-refractivity contribution is -0.114. The highest BCUT2D eigenvalue weighted by atomic mass is 16.3. The number of rotatable bonds is 6. The molecule has 3 rings (SSSR count). The van der Waals surface area contributed by atoms with Crippen molar-refractivity contribution in [2.24, 2.45) is 12.0 Å². The summed E-state index contributed by atoms with van der Waals surface area (Å²) in [6.07, 6.45) is 6.03. The van der Waals surface area contributed by atoms with Crippen LogP contribution in [0.5, 0.6) is 5.75 Å². The first kappa shape index (κ1) is 20.5. The molecule has 1 aromatic heterocycles. The molecule has 0 aliphatic carbocycles. The molecule has 1 unspecified atom stereocenters. The molecule has 2 heterocycles. The summed E-state index contributed by atoms with van der Waals surface area (Å²) in [4.78, 5) is 18.9. The van der Waals surface area contributed by atoms with Gasteiger partial charge in [0, 0.05) is 44.6 Å². The Morgan fingerprint density at radius 3 is 2.83 bits per heavy atom. The Bertz CT molecular complexity index is 832. The number of guanidine groups is 1. The molecule has 1 atom stereocenters. The topological polar surface area (TPSA) is 107 Å². The van der Waals surface area contributed by atoms with E-state index in [4.69, 9.17) is 0 Å². The number of phenolic OH excluding ortho intramolecular Hbond substituents is 1. The first-order chi connectivity index (χ1) is 14.0. The van der Waals surface area contributed by atoms with Crippen molar-refractivity contribution in [2.75, 3.05) is 36.4 Å². The molecule has 1 aliphatic heterocycles. The second kappa shape index (κ2) is 9.81. The Hall–Kier alpha value is -3.23. The number of hydrogen-bond donors (Lipinski definition) is 4. The van der Waals surface area contributed by atoms with E-state index in [-0.39, 0.29) is 24.2 Å². The first-order valence-electron chi connectivity index (χ1n) is 9.91. The van der Waals surface area contributed by atoms with E-state index in [0.29, 0.717) is 18.2 Å². The molecule has 9 nitrogen and oxygen atoms in total. The normalized spacial score (nSPS) is 17.1. The Kier molecular flexibility index (Phi) is 6.94. The van der Waals surface area contributed by atoms with Gasteiger partial charge in [-0.2, -0.15) is 5.10 Å². The van der Waals surface area contributed by atoms with Gasteiger partial charge >= 0.3 is 0 Å². The summed E-state index contributed by atoms with van der Waals surface area (Å²) in [5.41, 5.74) is 1.74. The van der Waals surface area contributed by atoms with Crippen LogP contribution in [-0.2, 0) is 11.8 Å². The molecule has 2 aromatic rings. The SMILES string of the molecule is CCNC(=NCC(=O)Nc1ccc(O)cc1)NC1CCCN(c2cnn(C)c2)C1. The van der Waals surface area contributed by atoms with E-state index in [1.807, 2.05) is 31.0 Å². The molecule has 4 N–H and O–H groups in total. The van der Waals surface area contributed by atoms with Gasteiger partial charge in [0.2, 0.25) is 5.91 Å². The van der Waals surface area contributed by atoms with E-state index in [2.05, 4.69) is 30.9 Å². The molecule has 0 spiro atoms. The van der Waals surface area contributed by atoms with Gasteiger partial charge in [-0.05, 0) is 44.0 Å². The van der Waals surface area contributed by atoms with E-state index in [0.717, 1.165) is 31.6 Å². The first-order valence-corrected chi connectivity index (χ1v) is 9.91. The number of benzene rings is 1. The standard InChI is InChI=1S/C20H29N7O2/c1-3-21-20(22-12-19(29)24-15-6-8-18(28)9-7-15)25-16-5-4-10-27(13-16)17-11-23-26(2)14-17/h6-9,11,14,16,28H,3-5,10,12-13H2,1-2H3,(H,24,29)(H2,21,22,25). The summed E-state index contributed by atoms with van der Waals surface area (Å²) in [6, 6.07) is 6.59. The summed E-state index contributed by atoms with van der Waals surface area (Å²) in [7, 11) is 1.92. The molecular weight excluding hydrogens is 370 g/mol. The van der Waals surface area contributed by atoms with E-state index in [9.17, 15) is 9.90 Å². The number of aromatic hydroxyl groups is 1. The summed E-state index contributed by atoms with van der Waals surface area (Å²) in [5.74, 6) is 0.576. The van der Waals surface area contributed by atoms with Crippen molar-refractivity contribution >= 4 is 23.2 Å². The van der Waals surface area contributed by atoms with Crippen LogP contribution in [0, 0.1) is 0 Å². The Labute approximate surface area is 170 Å². The number of carbonyl (C=O) groups is 1. The average Bonchev–Trinajstić information content (AvgIpc) is 3.15.